The topological polar surface area (TPSA) is 15.7 Å². The summed E-state index contributed by atoms with van der Waals surface area (Å²) < 4.78 is 6.95. The Morgan fingerprint density at radius 1 is 0.742 bits per heavy atom. The molecule has 0 N–H and O–H groups in total. The van der Waals surface area contributed by atoms with Crippen LogP contribution in [0.5, 0.6) is 5.75 Å². The minimum atomic E-state index is 0. The first-order valence-corrected chi connectivity index (χ1v) is 11.5. The summed E-state index contributed by atoms with van der Waals surface area (Å²) in [5.74, 6) is 0.941. The van der Waals surface area contributed by atoms with Crippen LogP contribution in [0.1, 0.15) is 23.6 Å². The van der Waals surface area contributed by atoms with Crippen LogP contribution in [0.3, 0.4) is 0 Å². The van der Waals surface area contributed by atoms with Crippen molar-refractivity contribution in [2.24, 2.45) is 0 Å². The molecular formula is C26H31BrMgN2O. The Kier molecular flexibility index (Phi) is 9.87. The van der Waals surface area contributed by atoms with E-state index in [9.17, 15) is 0 Å². The first-order chi connectivity index (χ1) is 14.8. The summed E-state index contributed by atoms with van der Waals surface area (Å²) in [5, 5.41) is 0. The Morgan fingerprint density at radius 3 is 1.84 bits per heavy atom. The van der Waals surface area contributed by atoms with Gasteiger partial charge in [0.15, 0.2) is 0 Å². The molecule has 0 unspecified atom stereocenters. The summed E-state index contributed by atoms with van der Waals surface area (Å²) in [6.07, 6.45) is 1.05. The standard InChI is InChI=1S/C26H29BrN2O.Mg.2H/c27-24-12-14-25(15-13-24)30-21-7-16-28-17-19-29(20-18-28)26(22-8-3-1-4-9-22)23-10-5-2-6-11-23;;;/h1-6,8-15,26H,7,16-21H2;;;. The highest BCUT2D eigenvalue weighted by Gasteiger charge is 2.26. The predicted molar refractivity (Wildman–Crippen MR) is 136 cm³/mol. The predicted octanol–water partition coefficient (Wildman–Crippen LogP) is 4.71. The molecule has 0 bridgehead atoms. The fourth-order valence-corrected chi connectivity index (χ4v) is 4.40. The lowest BCUT2D eigenvalue weighted by molar-refractivity contribution is 0.105. The monoisotopic (exact) mass is 490 g/mol. The molecule has 1 fully saturated rings. The summed E-state index contributed by atoms with van der Waals surface area (Å²) in [6.45, 7) is 6.23. The van der Waals surface area contributed by atoms with E-state index in [0.29, 0.717) is 6.04 Å². The summed E-state index contributed by atoms with van der Waals surface area (Å²) in [4.78, 5) is 5.19. The van der Waals surface area contributed by atoms with Gasteiger partial charge in [-0.1, -0.05) is 76.6 Å². The van der Waals surface area contributed by atoms with Crippen molar-refractivity contribution in [2.45, 2.75) is 12.5 Å². The number of ether oxygens (including phenoxy) is 1. The van der Waals surface area contributed by atoms with Crippen LogP contribution in [0.2, 0.25) is 0 Å². The summed E-state index contributed by atoms with van der Waals surface area (Å²) >= 11 is 3.46. The maximum atomic E-state index is 5.87. The second kappa shape index (κ2) is 12.6. The van der Waals surface area contributed by atoms with E-state index >= 15 is 0 Å². The van der Waals surface area contributed by atoms with Crippen LogP contribution in [0.4, 0.5) is 0 Å². The van der Waals surface area contributed by atoms with Crippen molar-refractivity contribution in [3.8, 4) is 5.75 Å². The van der Waals surface area contributed by atoms with E-state index < -0.39 is 0 Å². The maximum absolute atomic E-state index is 5.87. The first kappa shape index (κ1) is 24.3. The second-order valence-electron chi connectivity index (χ2n) is 7.76. The molecule has 0 spiro atoms. The van der Waals surface area contributed by atoms with Gasteiger partial charge in [0, 0.05) is 37.2 Å². The van der Waals surface area contributed by atoms with Gasteiger partial charge in [-0.25, -0.2) is 0 Å². The van der Waals surface area contributed by atoms with Crippen molar-refractivity contribution < 1.29 is 4.74 Å². The van der Waals surface area contributed by atoms with Crippen molar-refractivity contribution in [2.75, 3.05) is 39.3 Å². The normalized spacial score (nSPS) is 14.9. The van der Waals surface area contributed by atoms with Crippen molar-refractivity contribution in [1.82, 2.24) is 9.80 Å². The van der Waals surface area contributed by atoms with E-state index in [1.807, 2.05) is 24.3 Å². The van der Waals surface area contributed by atoms with Gasteiger partial charge in [0.2, 0.25) is 0 Å². The Morgan fingerprint density at radius 2 is 1.29 bits per heavy atom. The van der Waals surface area contributed by atoms with Crippen LogP contribution in [-0.4, -0.2) is 72.2 Å². The van der Waals surface area contributed by atoms with E-state index in [0.717, 1.165) is 56.0 Å². The van der Waals surface area contributed by atoms with Crippen LogP contribution in [0.25, 0.3) is 0 Å². The SMILES string of the molecule is Brc1ccc(OCCCN2CCN(C(c3ccccc3)c3ccccc3)CC2)cc1.[MgH2]. The summed E-state index contributed by atoms with van der Waals surface area (Å²) in [5.41, 5.74) is 2.75. The van der Waals surface area contributed by atoms with Crippen molar-refractivity contribution in [1.29, 1.82) is 0 Å². The Bertz CT molecular complexity index is 845. The van der Waals surface area contributed by atoms with E-state index in [1.54, 1.807) is 0 Å². The third-order valence-corrected chi connectivity index (χ3v) is 6.23. The third kappa shape index (κ3) is 7.06. The largest absolute Gasteiger partial charge is 0.494 e. The molecule has 1 aliphatic rings. The molecule has 4 rings (SSSR count). The molecule has 0 aromatic heterocycles. The van der Waals surface area contributed by atoms with E-state index in [-0.39, 0.29) is 23.1 Å². The van der Waals surface area contributed by atoms with Crippen molar-refractivity contribution >= 4 is 39.0 Å². The molecule has 1 heterocycles. The molecule has 3 aromatic rings. The molecule has 3 nitrogen and oxygen atoms in total. The fraction of sp³-hybridized carbons (Fsp3) is 0.308. The number of rotatable bonds is 8. The van der Waals surface area contributed by atoms with Crippen molar-refractivity contribution in [3.63, 3.8) is 0 Å². The minimum Gasteiger partial charge on any atom is -0.494 e. The molecule has 0 amide bonds. The second-order valence-corrected chi connectivity index (χ2v) is 8.67. The lowest BCUT2D eigenvalue weighted by Crippen LogP contribution is -2.48. The third-order valence-electron chi connectivity index (χ3n) is 5.70. The Labute approximate surface area is 210 Å². The molecule has 0 radical (unpaired) electrons. The van der Waals surface area contributed by atoms with Gasteiger partial charge < -0.3 is 9.64 Å². The van der Waals surface area contributed by atoms with Gasteiger partial charge in [0.1, 0.15) is 5.75 Å². The number of nitrogens with zero attached hydrogens (tertiary/aromatic N) is 2. The lowest BCUT2D eigenvalue weighted by Gasteiger charge is -2.39. The van der Waals surface area contributed by atoms with Gasteiger partial charge in [-0.3, -0.25) is 4.90 Å². The zero-order valence-electron chi connectivity index (χ0n) is 17.3. The smallest absolute Gasteiger partial charge is 0.316 e. The van der Waals surface area contributed by atoms with Crippen molar-refractivity contribution in [3.05, 3.63) is 101 Å². The Balaban J connectivity index is 0.00000272. The number of hydrogen-bond donors (Lipinski definition) is 0. The van der Waals surface area contributed by atoms with Gasteiger partial charge in [-0.15, -0.1) is 0 Å². The zero-order valence-corrected chi connectivity index (χ0v) is 18.9. The molecule has 31 heavy (non-hydrogen) atoms. The maximum Gasteiger partial charge on any atom is 0.316 e. The van der Waals surface area contributed by atoms with Crippen LogP contribution < -0.4 is 4.74 Å². The number of piperazine rings is 1. The van der Waals surface area contributed by atoms with Crippen LogP contribution in [0.15, 0.2) is 89.4 Å². The number of benzene rings is 3. The fourth-order valence-electron chi connectivity index (χ4n) is 4.14. The highest BCUT2D eigenvalue weighted by Crippen LogP contribution is 2.29. The quantitative estimate of drug-likeness (QED) is 0.335. The molecule has 0 saturated carbocycles. The van der Waals surface area contributed by atoms with Gasteiger partial charge >= 0.3 is 23.1 Å². The molecular weight excluding hydrogens is 461 g/mol. The molecule has 3 aromatic carbocycles. The molecule has 1 saturated heterocycles. The molecule has 0 aliphatic carbocycles. The van der Waals surface area contributed by atoms with E-state index in [2.05, 4.69) is 86.4 Å². The van der Waals surface area contributed by atoms with E-state index in [1.165, 1.54) is 11.1 Å². The van der Waals surface area contributed by atoms with Gasteiger partial charge in [-0.05, 0) is 41.8 Å². The number of hydrogen-bond acceptors (Lipinski definition) is 3. The Hall–Kier alpha value is -1.37. The first-order valence-electron chi connectivity index (χ1n) is 10.7. The van der Waals surface area contributed by atoms with Crippen LogP contribution in [0, 0.1) is 0 Å². The van der Waals surface area contributed by atoms with E-state index in [4.69, 9.17) is 4.74 Å². The van der Waals surface area contributed by atoms with Gasteiger partial charge in [-0.2, -0.15) is 0 Å². The lowest BCUT2D eigenvalue weighted by atomic mass is 9.96. The van der Waals surface area contributed by atoms with Gasteiger partial charge in [0.25, 0.3) is 0 Å². The van der Waals surface area contributed by atoms with Crippen LogP contribution >= 0.6 is 15.9 Å². The molecule has 5 heteroatoms. The zero-order chi connectivity index (χ0) is 20.6. The number of halogens is 1. The molecule has 0 atom stereocenters. The molecule has 1 aliphatic heterocycles. The average molecular weight is 492 g/mol. The summed E-state index contributed by atoms with van der Waals surface area (Å²) in [6, 6.07) is 30.2. The molecule has 160 valence electrons. The van der Waals surface area contributed by atoms with Crippen LogP contribution in [-0.2, 0) is 0 Å². The minimum absolute atomic E-state index is 0. The highest BCUT2D eigenvalue weighted by atomic mass is 79.9. The average Bonchev–Trinajstić information content (AvgIpc) is 2.80. The summed E-state index contributed by atoms with van der Waals surface area (Å²) in [7, 11) is 0. The highest BCUT2D eigenvalue weighted by molar-refractivity contribution is 9.10. The van der Waals surface area contributed by atoms with Gasteiger partial charge in [0.05, 0.1) is 12.6 Å².